The minimum atomic E-state index is -3.02. The molecular weight excluding hydrogens is 180 g/mol. The van der Waals surface area contributed by atoms with Crippen LogP contribution in [-0.2, 0) is 9.84 Å². The molecule has 0 bridgehead atoms. The lowest BCUT2D eigenvalue weighted by Gasteiger charge is -2.16. The Morgan fingerprint density at radius 3 is 2.33 bits per heavy atom. The summed E-state index contributed by atoms with van der Waals surface area (Å²) in [5.74, 6) is -0.0721. The Bertz CT molecular complexity index is 250. The van der Waals surface area contributed by atoms with Crippen molar-refractivity contribution >= 4 is 9.84 Å². The third-order valence-corrected chi connectivity index (χ3v) is 3.51. The third-order valence-electron chi connectivity index (χ3n) is 1.80. The molecule has 6 heteroatoms. The molecule has 1 heterocycles. The Labute approximate surface area is 72.3 Å². The van der Waals surface area contributed by atoms with Crippen LogP contribution in [-0.4, -0.2) is 51.3 Å². The van der Waals surface area contributed by atoms with Gasteiger partial charge in [0.15, 0.2) is 9.84 Å². The van der Waals surface area contributed by atoms with E-state index in [1.165, 1.54) is 0 Å². The Balaban J connectivity index is 2.58. The predicted molar refractivity (Wildman–Crippen MR) is 44.4 cm³/mol. The standard InChI is InChI=1S/C6H14N2O3S/c1-8(2)7-5-3-12(10,11)4-6(5)9/h5-7,9H,3-4H2,1-2H3/p+1. The molecule has 1 fully saturated rings. The van der Waals surface area contributed by atoms with Crippen LogP contribution in [0.2, 0.25) is 0 Å². The van der Waals surface area contributed by atoms with E-state index in [-0.39, 0.29) is 17.5 Å². The van der Waals surface area contributed by atoms with Crippen LogP contribution in [0.1, 0.15) is 0 Å². The van der Waals surface area contributed by atoms with E-state index < -0.39 is 15.9 Å². The van der Waals surface area contributed by atoms with Crippen LogP contribution in [0.15, 0.2) is 0 Å². The Hall–Kier alpha value is -0.170. The van der Waals surface area contributed by atoms with Crippen molar-refractivity contribution in [2.24, 2.45) is 0 Å². The maximum absolute atomic E-state index is 11.0. The zero-order chi connectivity index (χ0) is 9.35. The van der Waals surface area contributed by atoms with Crippen molar-refractivity contribution < 1.29 is 18.5 Å². The van der Waals surface area contributed by atoms with Crippen molar-refractivity contribution in [3.63, 3.8) is 0 Å². The topological polar surface area (TPSA) is 70.8 Å². The van der Waals surface area contributed by atoms with E-state index in [4.69, 9.17) is 0 Å². The predicted octanol–water partition coefficient (Wildman–Crippen LogP) is -3.21. The minimum absolute atomic E-state index is 0.0410. The molecule has 0 aliphatic carbocycles. The van der Waals surface area contributed by atoms with Crippen LogP contribution in [0.4, 0.5) is 0 Å². The first-order valence-corrected chi connectivity index (χ1v) is 5.68. The molecule has 1 rings (SSSR count). The minimum Gasteiger partial charge on any atom is -0.390 e. The van der Waals surface area contributed by atoms with E-state index in [9.17, 15) is 13.5 Å². The SMILES string of the molecule is C[NH+](C)NC1CS(=O)(=O)CC1O. The van der Waals surface area contributed by atoms with Crippen molar-refractivity contribution in [3.05, 3.63) is 0 Å². The van der Waals surface area contributed by atoms with E-state index >= 15 is 0 Å². The Morgan fingerprint density at radius 2 is 2.00 bits per heavy atom. The second-order valence-corrected chi connectivity index (χ2v) is 5.55. The normalized spacial score (nSPS) is 34.3. The highest BCUT2D eigenvalue weighted by atomic mass is 32.2. The Morgan fingerprint density at radius 1 is 1.42 bits per heavy atom. The van der Waals surface area contributed by atoms with Gasteiger partial charge in [-0.3, -0.25) is 5.01 Å². The molecule has 0 saturated carbocycles. The van der Waals surface area contributed by atoms with Gasteiger partial charge in [-0.2, -0.15) is 5.43 Å². The molecule has 72 valence electrons. The number of aliphatic hydroxyl groups excluding tert-OH is 1. The number of aliphatic hydroxyl groups is 1. The van der Waals surface area contributed by atoms with Gasteiger partial charge in [-0.1, -0.05) is 0 Å². The van der Waals surface area contributed by atoms with Crippen molar-refractivity contribution in [1.82, 2.24) is 5.43 Å². The highest BCUT2D eigenvalue weighted by molar-refractivity contribution is 7.91. The molecule has 2 atom stereocenters. The molecule has 12 heavy (non-hydrogen) atoms. The number of quaternary nitrogens is 1. The molecule has 2 unspecified atom stereocenters. The molecule has 3 N–H and O–H groups in total. The van der Waals surface area contributed by atoms with Gasteiger partial charge in [0.25, 0.3) is 0 Å². The molecule has 1 aliphatic rings. The summed E-state index contributed by atoms with van der Waals surface area (Å²) >= 11 is 0. The monoisotopic (exact) mass is 195 g/mol. The fourth-order valence-electron chi connectivity index (χ4n) is 1.34. The first-order chi connectivity index (χ1) is 5.41. The zero-order valence-electron chi connectivity index (χ0n) is 7.24. The summed E-state index contributed by atoms with van der Waals surface area (Å²) in [6.45, 7) is 0. The molecule has 5 nitrogen and oxygen atoms in total. The average Bonchev–Trinajstić information content (AvgIpc) is 2.03. The molecule has 0 amide bonds. The van der Waals surface area contributed by atoms with Crippen molar-refractivity contribution in [2.45, 2.75) is 12.1 Å². The summed E-state index contributed by atoms with van der Waals surface area (Å²) in [4.78, 5) is 0. The van der Waals surface area contributed by atoms with Gasteiger partial charge in [0, 0.05) is 0 Å². The summed E-state index contributed by atoms with van der Waals surface area (Å²) in [6, 6.07) is -0.319. The molecule has 0 aromatic heterocycles. The quantitative estimate of drug-likeness (QED) is 0.406. The van der Waals surface area contributed by atoms with Gasteiger partial charge in [-0.25, -0.2) is 8.42 Å². The van der Waals surface area contributed by atoms with Gasteiger partial charge in [0.1, 0.15) is 0 Å². The summed E-state index contributed by atoms with van der Waals surface area (Å²) in [7, 11) is 0.674. The van der Waals surface area contributed by atoms with Crippen molar-refractivity contribution in [1.29, 1.82) is 0 Å². The van der Waals surface area contributed by atoms with Gasteiger partial charge < -0.3 is 5.11 Å². The summed E-state index contributed by atoms with van der Waals surface area (Å²) in [6.07, 6.45) is -0.759. The van der Waals surface area contributed by atoms with E-state index in [1.807, 2.05) is 14.1 Å². The summed E-state index contributed by atoms with van der Waals surface area (Å²) in [5, 5.41) is 10.2. The molecule has 0 radical (unpaired) electrons. The van der Waals surface area contributed by atoms with E-state index in [2.05, 4.69) is 5.43 Å². The maximum atomic E-state index is 11.0. The van der Waals surface area contributed by atoms with Gasteiger partial charge in [0.2, 0.25) is 0 Å². The highest BCUT2D eigenvalue weighted by Crippen LogP contribution is 2.10. The second-order valence-electron chi connectivity index (χ2n) is 3.40. The molecule has 0 spiro atoms. The van der Waals surface area contributed by atoms with Gasteiger partial charge >= 0.3 is 0 Å². The van der Waals surface area contributed by atoms with Crippen LogP contribution < -0.4 is 10.4 Å². The average molecular weight is 195 g/mol. The molecule has 0 aromatic carbocycles. The van der Waals surface area contributed by atoms with E-state index in [0.29, 0.717) is 0 Å². The van der Waals surface area contributed by atoms with E-state index in [0.717, 1.165) is 5.01 Å². The molecular formula is C6H15N2O3S+. The first kappa shape index (κ1) is 9.91. The first-order valence-electron chi connectivity index (χ1n) is 3.86. The summed E-state index contributed by atoms with van der Waals surface area (Å²) in [5.41, 5.74) is 2.93. The second kappa shape index (κ2) is 3.29. The van der Waals surface area contributed by atoms with Crippen LogP contribution in [0, 0.1) is 0 Å². The summed E-state index contributed by atoms with van der Waals surface area (Å²) < 4.78 is 22.0. The third kappa shape index (κ3) is 2.41. The number of rotatable bonds is 2. The molecule has 1 saturated heterocycles. The van der Waals surface area contributed by atoms with Gasteiger partial charge in [-0.05, 0) is 0 Å². The van der Waals surface area contributed by atoms with Crippen molar-refractivity contribution in [3.8, 4) is 0 Å². The lowest BCUT2D eigenvalue weighted by Crippen LogP contribution is -3.14. The van der Waals surface area contributed by atoms with Crippen LogP contribution in [0.25, 0.3) is 0 Å². The lowest BCUT2D eigenvalue weighted by atomic mass is 10.2. The van der Waals surface area contributed by atoms with Gasteiger partial charge in [0.05, 0.1) is 37.7 Å². The number of hydrogen-bond acceptors (Lipinski definition) is 4. The lowest BCUT2D eigenvalue weighted by molar-refractivity contribution is -0.909. The van der Waals surface area contributed by atoms with Crippen molar-refractivity contribution in [2.75, 3.05) is 25.6 Å². The molecule has 1 aliphatic heterocycles. The fraction of sp³-hybridized carbons (Fsp3) is 1.00. The van der Waals surface area contributed by atoms with E-state index in [1.54, 1.807) is 0 Å². The van der Waals surface area contributed by atoms with Crippen LogP contribution in [0.3, 0.4) is 0 Å². The number of nitrogens with one attached hydrogen (secondary N) is 2. The fourth-order valence-corrected chi connectivity index (χ4v) is 3.08. The maximum Gasteiger partial charge on any atom is 0.154 e. The number of sulfone groups is 1. The van der Waals surface area contributed by atoms with Gasteiger partial charge in [-0.15, -0.1) is 0 Å². The largest absolute Gasteiger partial charge is 0.390 e. The number of hydrogen-bond donors (Lipinski definition) is 3. The van der Waals surface area contributed by atoms with Crippen LogP contribution in [0.5, 0.6) is 0 Å². The smallest absolute Gasteiger partial charge is 0.154 e. The molecule has 0 aromatic rings. The Kier molecular flexibility index (Phi) is 2.72. The van der Waals surface area contributed by atoms with Crippen LogP contribution >= 0.6 is 0 Å². The zero-order valence-corrected chi connectivity index (χ0v) is 8.06. The highest BCUT2D eigenvalue weighted by Gasteiger charge is 2.37.